The summed E-state index contributed by atoms with van der Waals surface area (Å²) < 4.78 is 10.6. The standard InChI is InChI=1S/C24H30Cl2N2O4/c1-5-20(24(30)27-6-2)28(15-17-9-10-18(25)14-19(17)26)23(29)12-8-16-7-11-21(31-3)22(13-16)32-4/h7,9-11,13-14,20H,5-6,8,12,15H2,1-4H3,(H,27,30)/t20-/m1/s1. The molecule has 6 nitrogen and oxygen atoms in total. The molecule has 2 aromatic carbocycles. The summed E-state index contributed by atoms with van der Waals surface area (Å²) in [6, 6.07) is 10.1. The Hall–Kier alpha value is -2.44. The first-order chi connectivity index (χ1) is 15.3. The van der Waals surface area contributed by atoms with Crippen molar-refractivity contribution in [2.75, 3.05) is 20.8 Å². The fraction of sp³-hybridized carbons (Fsp3) is 0.417. The molecular weight excluding hydrogens is 451 g/mol. The predicted molar refractivity (Wildman–Crippen MR) is 128 cm³/mol. The molecule has 2 rings (SSSR count). The van der Waals surface area contributed by atoms with Crippen LogP contribution in [0.3, 0.4) is 0 Å². The molecule has 0 saturated carbocycles. The highest BCUT2D eigenvalue weighted by Crippen LogP contribution is 2.28. The van der Waals surface area contributed by atoms with Crippen molar-refractivity contribution in [3.8, 4) is 11.5 Å². The van der Waals surface area contributed by atoms with E-state index in [0.29, 0.717) is 40.9 Å². The van der Waals surface area contributed by atoms with Crippen molar-refractivity contribution in [3.05, 3.63) is 57.6 Å². The van der Waals surface area contributed by atoms with Crippen molar-refractivity contribution in [2.24, 2.45) is 0 Å². The van der Waals surface area contributed by atoms with E-state index in [-0.39, 0.29) is 24.8 Å². The SMILES string of the molecule is CCNC(=O)[C@@H](CC)N(Cc1ccc(Cl)cc1Cl)C(=O)CCc1ccc(OC)c(OC)c1. The maximum absolute atomic E-state index is 13.3. The normalized spacial score (nSPS) is 11.6. The smallest absolute Gasteiger partial charge is 0.242 e. The molecule has 0 aromatic heterocycles. The number of rotatable bonds is 11. The van der Waals surface area contributed by atoms with Crippen LogP contribution in [0.2, 0.25) is 10.0 Å². The Morgan fingerprint density at radius 2 is 1.75 bits per heavy atom. The first-order valence-corrected chi connectivity index (χ1v) is 11.3. The summed E-state index contributed by atoms with van der Waals surface area (Å²) >= 11 is 12.4. The van der Waals surface area contributed by atoms with Crippen LogP contribution in [0.4, 0.5) is 0 Å². The molecule has 32 heavy (non-hydrogen) atoms. The summed E-state index contributed by atoms with van der Waals surface area (Å²) in [7, 11) is 3.15. The minimum atomic E-state index is -0.598. The van der Waals surface area contributed by atoms with Crippen molar-refractivity contribution >= 4 is 35.0 Å². The molecule has 0 aliphatic heterocycles. The van der Waals surface area contributed by atoms with Crippen LogP contribution >= 0.6 is 23.2 Å². The zero-order valence-corrected chi connectivity index (χ0v) is 20.4. The number of methoxy groups -OCH3 is 2. The second kappa shape index (κ2) is 12.6. The van der Waals surface area contributed by atoms with Gasteiger partial charge in [-0.2, -0.15) is 0 Å². The van der Waals surface area contributed by atoms with E-state index in [1.807, 2.05) is 32.0 Å². The lowest BCUT2D eigenvalue weighted by Crippen LogP contribution is -2.49. The van der Waals surface area contributed by atoms with Gasteiger partial charge in [0, 0.05) is 29.6 Å². The van der Waals surface area contributed by atoms with Gasteiger partial charge in [0.15, 0.2) is 11.5 Å². The molecule has 0 heterocycles. The van der Waals surface area contributed by atoms with Gasteiger partial charge in [-0.1, -0.05) is 42.3 Å². The number of aryl methyl sites for hydroxylation is 1. The molecule has 8 heteroatoms. The Kier molecular flexibility index (Phi) is 10.1. The molecule has 0 bridgehead atoms. The van der Waals surface area contributed by atoms with Crippen molar-refractivity contribution in [1.29, 1.82) is 0 Å². The van der Waals surface area contributed by atoms with Crippen molar-refractivity contribution < 1.29 is 19.1 Å². The Morgan fingerprint density at radius 3 is 2.34 bits per heavy atom. The largest absolute Gasteiger partial charge is 0.493 e. The second-order valence-corrected chi connectivity index (χ2v) is 8.11. The van der Waals surface area contributed by atoms with Gasteiger partial charge in [0.25, 0.3) is 0 Å². The van der Waals surface area contributed by atoms with Gasteiger partial charge in [0.05, 0.1) is 14.2 Å². The molecule has 0 saturated heterocycles. The van der Waals surface area contributed by atoms with E-state index in [9.17, 15) is 9.59 Å². The number of amides is 2. The minimum Gasteiger partial charge on any atom is -0.493 e. The number of likely N-dealkylation sites (N-methyl/N-ethyl adjacent to an activating group) is 1. The van der Waals surface area contributed by atoms with Crippen LogP contribution in [0.25, 0.3) is 0 Å². The number of ether oxygens (including phenoxy) is 2. The third-order valence-electron chi connectivity index (χ3n) is 5.17. The number of halogens is 2. The number of hydrogen-bond donors (Lipinski definition) is 1. The van der Waals surface area contributed by atoms with Gasteiger partial charge >= 0.3 is 0 Å². The molecule has 0 unspecified atom stereocenters. The quantitative estimate of drug-likeness (QED) is 0.497. The number of benzene rings is 2. The number of carbonyl (C=O) groups excluding carboxylic acids is 2. The predicted octanol–water partition coefficient (Wildman–Crippen LogP) is 4.89. The summed E-state index contributed by atoms with van der Waals surface area (Å²) in [5.41, 5.74) is 1.67. The third kappa shape index (κ3) is 6.78. The van der Waals surface area contributed by atoms with Crippen molar-refractivity contribution in [3.63, 3.8) is 0 Å². The zero-order valence-electron chi connectivity index (χ0n) is 18.9. The van der Waals surface area contributed by atoms with Crippen LogP contribution in [0, 0.1) is 0 Å². The number of carbonyl (C=O) groups is 2. The minimum absolute atomic E-state index is 0.135. The Morgan fingerprint density at radius 1 is 1.03 bits per heavy atom. The van der Waals surface area contributed by atoms with Crippen LogP contribution in [0.5, 0.6) is 11.5 Å². The summed E-state index contributed by atoms with van der Waals surface area (Å²) in [4.78, 5) is 27.6. The molecule has 1 atom stereocenters. The van der Waals surface area contributed by atoms with Gasteiger partial charge in [-0.15, -0.1) is 0 Å². The molecule has 2 aromatic rings. The zero-order chi connectivity index (χ0) is 23.7. The summed E-state index contributed by atoms with van der Waals surface area (Å²) in [6.45, 7) is 4.45. The molecule has 0 spiro atoms. The summed E-state index contributed by atoms with van der Waals surface area (Å²) in [5.74, 6) is 0.920. The van der Waals surface area contributed by atoms with Crippen LogP contribution in [0.1, 0.15) is 37.8 Å². The highest BCUT2D eigenvalue weighted by Gasteiger charge is 2.28. The first-order valence-electron chi connectivity index (χ1n) is 10.6. The fourth-order valence-corrected chi connectivity index (χ4v) is 3.94. The molecule has 0 aliphatic carbocycles. The number of nitrogens with one attached hydrogen (secondary N) is 1. The highest BCUT2D eigenvalue weighted by atomic mass is 35.5. The summed E-state index contributed by atoms with van der Waals surface area (Å²) in [5, 5.41) is 3.80. The average Bonchev–Trinajstić information content (AvgIpc) is 2.78. The van der Waals surface area contributed by atoms with Crippen LogP contribution < -0.4 is 14.8 Å². The number of hydrogen-bond acceptors (Lipinski definition) is 4. The third-order valence-corrected chi connectivity index (χ3v) is 5.76. The van der Waals surface area contributed by atoms with Gasteiger partial charge in [-0.3, -0.25) is 9.59 Å². The van der Waals surface area contributed by atoms with E-state index >= 15 is 0 Å². The maximum atomic E-state index is 13.3. The summed E-state index contributed by atoms with van der Waals surface area (Å²) in [6.07, 6.45) is 1.21. The Bertz CT molecular complexity index is 936. The van der Waals surface area contributed by atoms with E-state index < -0.39 is 6.04 Å². The first kappa shape index (κ1) is 25.8. The molecule has 2 amide bonds. The van der Waals surface area contributed by atoms with Gasteiger partial charge < -0.3 is 19.7 Å². The lowest BCUT2D eigenvalue weighted by Gasteiger charge is -2.31. The average molecular weight is 481 g/mol. The van der Waals surface area contributed by atoms with E-state index in [1.54, 1.807) is 37.3 Å². The lowest BCUT2D eigenvalue weighted by atomic mass is 10.1. The second-order valence-electron chi connectivity index (χ2n) is 7.27. The topological polar surface area (TPSA) is 67.9 Å². The van der Waals surface area contributed by atoms with Crippen molar-refractivity contribution in [2.45, 2.75) is 45.7 Å². The van der Waals surface area contributed by atoms with E-state index in [0.717, 1.165) is 11.1 Å². The monoisotopic (exact) mass is 480 g/mol. The van der Waals surface area contributed by atoms with Crippen LogP contribution in [0.15, 0.2) is 36.4 Å². The van der Waals surface area contributed by atoms with Gasteiger partial charge in [-0.25, -0.2) is 0 Å². The van der Waals surface area contributed by atoms with Crippen LogP contribution in [-0.4, -0.2) is 43.5 Å². The van der Waals surface area contributed by atoms with Crippen LogP contribution in [-0.2, 0) is 22.6 Å². The Labute approximate surface area is 199 Å². The molecule has 1 N–H and O–H groups in total. The molecule has 0 fully saturated rings. The number of nitrogens with zero attached hydrogens (tertiary/aromatic N) is 1. The Balaban J connectivity index is 2.25. The molecular formula is C24H30Cl2N2O4. The molecule has 0 radical (unpaired) electrons. The van der Waals surface area contributed by atoms with E-state index in [2.05, 4.69) is 5.32 Å². The lowest BCUT2D eigenvalue weighted by molar-refractivity contribution is -0.141. The highest BCUT2D eigenvalue weighted by molar-refractivity contribution is 6.35. The van der Waals surface area contributed by atoms with E-state index in [1.165, 1.54) is 0 Å². The van der Waals surface area contributed by atoms with Gasteiger partial charge in [0.2, 0.25) is 11.8 Å². The fourth-order valence-electron chi connectivity index (χ4n) is 3.48. The van der Waals surface area contributed by atoms with Crippen molar-refractivity contribution in [1.82, 2.24) is 10.2 Å². The molecule has 0 aliphatic rings. The van der Waals surface area contributed by atoms with Gasteiger partial charge in [0.1, 0.15) is 6.04 Å². The molecule has 174 valence electrons. The maximum Gasteiger partial charge on any atom is 0.242 e. The van der Waals surface area contributed by atoms with E-state index in [4.69, 9.17) is 32.7 Å². The van der Waals surface area contributed by atoms with Gasteiger partial charge in [-0.05, 0) is 55.2 Å².